The van der Waals surface area contributed by atoms with E-state index in [0.717, 1.165) is 12.1 Å². The van der Waals surface area contributed by atoms with E-state index in [9.17, 15) is 17.6 Å². The third-order valence-electron chi connectivity index (χ3n) is 4.10. The quantitative estimate of drug-likeness (QED) is 0.453. The first-order valence-corrected chi connectivity index (χ1v) is 8.39. The normalized spacial score (nSPS) is 11.8. The van der Waals surface area contributed by atoms with Crippen LogP contribution < -0.4 is 0 Å². The first-order valence-electron chi connectivity index (χ1n) is 8.39. The van der Waals surface area contributed by atoms with Gasteiger partial charge in [-0.3, -0.25) is 0 Å². The molecule has 0 radical (unpaired) electrons. The van der Waals surface area contributed by atoms with Crippen LogP contribution in [0.1, 0.15) is 22.9 Å². The van der Waals surface area contributed by atoms with E-state index in [-0.39, 0.29) is 35.5 Å². The second-order valence-corrected chi connectivity index (χ2v) is 6.23. The van der Waals surface area contributed by atoms with Crippen molar-refractivity contribution in [2.45, 2.75) is 19.5 Å². The van der Waals surface area contributed by atoms with Gasteiger partial charge in [-0.05, 0) is 36.8 Å². The molecule has 0 saturated carbocycles. The maximum absolute atomic E-state index is 13.7. The largest absolute Gasteiger partial charge is 0.420 e. The van der Waals surface area contributed by atoms with Crippen LogP contribution in [0.15, 0.2) is 51.4 Å². The van der Waals surface area contributed by atoms with E-state index in [0.29, 0.717) is 11.1 Å². The summed E-state index contributed by atoms with van der Waals surface area (Å²) in [6.45, 7) is 1.63. The smallest absolute Gasteiger partial charge is 0.416 e. The number of alkyl halides is 3. The minimum absolute atomic E-state index is 0.00597. The van der Waals surface area contributed by atoms with Gasteiger partial charge in [-0.15, -0.1) is 10.2 Å². The Labute approximate surface area is 161 Å². The second kappa shape index (κ2) is 7.12. The van der Waals surface area contributed by atoms with Crippen molar-refractivity contribution >= 4 is 0 Å². The Kier molecular flexibility index (Phi) is 4.61. The van der Waals surface area contributed by atoms with Gasteiger partial charge in [-0.25, -0.2) is 4.39 Å². The Morgan fingerprint density at radius 1 is 0.966 bits per heavy atom. The molecule has 0 amide bonds. The Hall–Kier alpha value is -3.56. The van der Waals surface area contributed by atoms with Crippen molar-refractivity contribution in [3.8, 4) is 22.8 Å². The Balaban J connectivity index is 1.53. The van der Waals surface area contributed by atoms with Gasteiger partial charge in [-0.2, -0.15) is 18.2 Å². The maximum atomic E-state index is 13.7. The standard InChI is InChI=1S/C19H12F4N4O2/c1-10-5-6-12(8-14(10)20)18-26-25-16(28-18)9-15-24-17(27-29-15)11-3-2-4-13(7-11)19(21,22)23/h2-8H,9H2,1H3. The third kappa shape index (κ3) is 4.00. The molecule has 0 saturated heterocycles. The fourth-order valence-corrected chi connectivity index (χ4v) is 2.58. The van der Waals surface area contributed by atoms with Crippen LogP contribution in [0.5, 0.6) is 0 Å². The highest BCUT2D eigenvalue weighted by atomic mass is 19.4. The Morgan fingerprint density at radius 3 is 2.55 bits per heavy atom. The summed E-state index contributed by atoms with van der Waals surface area (Å²) in [6.07, 6.45) is -4.49. The molecule has 0 aliphatic carbocycles. The summed E-state index contributed by atoms with van der Waals surface area (Å²) in [6, 6.07) is 9.12. The van der Waals surface area contributed by atoms with E-state index < -0.39 is 17.6 Å². The van der Waals surface area contributed by atoms with Crippen molar-refractivity contribution in [1.82, 2.24) is 20.3 Å². The van der Waals surface area contributed by atoms with Gasteiger partial charge in [0.15, 0.2) is 0 Å². The van der Waals surface area contributed by atoms with Crippen molar-refractivity contribution in [1.29, 1.82) is 0 Å². The number of hydrogen-bond donors (Lipinski definition) is 0. The summed E-state index contributed by atoms with van der Waals surface area (Å²) in [7, 11) is 0. The number of hydrogen-bond acceptors (Lipinski definition) is 6. The summed E-state index contributed by atoms with van der Waals surface area (Å²) < 4.78 is 62.8. The number of nitrogens with zero attached hydrogens (tertiary/aromatic N) is 4. The van der Waals surface area contributed by atoms with Gasteiger partial charge in [0.25, 0.3) is 0 Å². The summed E-state index contributed by atoms with van der Waals surface area (Å²) in [4.78, 5) is 4.07. The first-order chi connectivity index (χ1) is 13.8. The molecule has 0 spiro atoms. The van der Waals surface area contributed by atoms with E-state index in [1.54, 1.807) is 19.1 Å². The van der Waals surface area contributed by atoms with Gasteiger partial charge >= 0.3 is 6.18 Å². The molecule has 4 rings (SSSR count). The van der Waals surface area contributed by atoms with Crippen LogP contribution in [-0.2, 0) is 12.6 Å². The minimum Gasteiger partial charge on any atom is -0.420 e. The molecule has 4 aromatic rings. The van der Waals surface area contributed by atoms with Crippen LogP contribution in [0.2, 0.25) is 0 Å². The molecule has 148 valence electrons. The fraction of sp³-hybridized carbons (Fsp3) is 0.158. The number of benzene rings is 2. The molecule has 2 heterocycles. The topological polar surface area (TPSA) is 77.8 Å². The minimum atomic E-state index is -4.47. The molecule has 0 atom stereocenters. The Morgan fingerprint density at radius 2 is 1.79 bits per heavy atom. The van der Waals surface area contributed by atoms with Crippen molar-refractivity contribution in [2.75, 3.05) is 0 Å². The highest BCUT2D eigenvalue weighted by Gasteiger charge is 2.30. The molecule has 0 aliphatic rings. The lowest BCUT2D eigenvalue weighted by atomic mass is 10.1. The van der Waals surface area contributed by atoms with E-state index in [4.69, 9.17) is 8.94 Å². The van der Waals surface area contributed by atoms with Crippen molar-refractivity contribution in [3.05, 3.63) is 71.2 Å². The summed E-state index contributed by atoms with van der Waals surface area (Å²) in [5.74, 6) is -0.0456. The predicted octanol–water partition coefficient (Wildman–Crippen LogP) is 4.84. The fourth-order valence-electron chi connectivity index (χ4n) is 2.58. The molecule has 2 aromatic carbocycles. The molecule has 2 aromatic heterocycles. The number of aromatic nitrogens is 4. The number of aryl methyl sites for hydroxylation is 1. The van der Waals surface area contributed by atoms with Gasteiger partial charge in [-0.1, -0.05) is 23.4 Å². The SMILES string of the molecule is Cc1ccc(-c2nnc(Cc3nc(-c4cccc(C(F)(F)F)c4)no3)o2)cc1F. The van der Waals surface area contributed by atoms with Crippen LogP contribution in [0.4, 0.5) is 17.6 Å². The molecule has 0 fully saturated rings. The molecule has 0 N–H and O–H groups in total. The van der Waals surface area contributed by atoms with Crippen molar-refractivity contribution < 1.29 is 26.5 Å². The molecule has 10 heteroatoms. The Bertz CT molecular complexity index is 1170. The third-order valence-corrected chi connectivity index (χ3v) is 4.10. The van der Waals surface area contributed by atoms with E-state index in [1.807, 2.05) is 0 Å². The maximum Gasteiger partial charge on any atom is 0.416 e. The van der Waals surface area contributed by atoms with E-state index in [2.05, 4.69) is 20.3 Å². The molecule has 0 aliphatic heterocycles. The lowest BCUT2D eigenvalue weighted by Crippen LogP contribution is -2.04. The molecule has 6 nitrogen and oxygen atoms in total. The average molecular weight is 404 g/mol. The van der Waals surface area contributed by atoms with Crippen LogP contribution in [-0.4, -0.2) is 20.3 Å². The van der Waals surface area contributed by atoms with Crippen LogP contribution >= 0.6 is 0 Å². The molecule has 0 bridgehead atoms. The molecular weight excluding hydrogens is 392 g/mol. The lowest BCUT2D eigenvalue weighted by molar-refractivity contribution is -0.137. The van der Waals surface area contributed by atoms with Gasteiger partial charge < -0.3 is 8.94 Å². The summed E-state index contributed by atoms with van der Waals surface area (Å²) >= 11 is 0. The summed E-state index contributed by atoms with van der Waals surface area (Å²) in [5, 5.41) is 11.4. The zero-order valence-corrected chi connectivity index (χ0v) is 14.9. The zero-order valence-electron chi connectivity index (χ0n) is 14.9. The lowest BCUT2D eigenvalue weighted by Gasteiger charge is -2.06. The number of halogens is 4. The predicted molar refractivity (Wildman–Crippen MR) is 92.0 cm³/mol. The second-order valence-electron chi connectivity index (χ2n) is 6.23. The van der Waals surface area contributed by atoms with Gasteiger partial charge in [0, 0.05) is 11.1 Å². The van der Waals surface area contributed by atoms with Crippen LogP contribution in [0.25, 0.3) is 22.8 Å². The van der Waals surface area contributed by atoms with Crippen molar-refractivity contribution in [3.63, 3.8) is 0 Å². The van der Waals surface area contributed by atoms with Crippen LogP contribution in [0.3, 0.4) is 0 Å². The monoisotopic (exact) mass is 404 g/mol. The van der Waals surface area contributed by atoms with E-state index >= 15 is 0 Å². The van der Waals surface area contributed by atoms with Crippen molar-refractivity contribution in [2.24, 2.45) is 0 Å². The van der Waals surface area contributed by atoms with Gasteiger partial charge in [0.2, 0.25) is 23.5 Å². The molecule has 29 heavy (non-hydrogen) atoms. The average Bonchev–Trinajstić information content (AvgIpc) is 3.34. The van der Waals surface area contributed by atoms with Gasteiger partial charge in [0.05, 0.1) is 5.56 Å². The zero-order chi connectivity index (χ0) is 20.6. The van der Waals surface area contributed by atoms with Crippen LogP contribution in [0, 0.1) is 12.7 Å². The van der Waals surface area contributed by atoms with E-state index in [1.165, 1.54) is 18.2 Å². The summed E-state index contributed by atoms with van der Waals surface area (Å²) in [5.41, 5.74) is 0.257. The molecular formula is C19H12F4N4O2. The number of rotatable bonds is 4. The molecule has 0 unspecified atom stereocenters. The van der Waals surface area contributed by atoms with Gasteiger partial charge in [0.1, 0.15) is 12.2 Å². The highest BCUT2D eigenvalue weighted by molar-refractivity contribution is 5.56. The first kappa shape index (κ1) is 18.8. The highest BCUT2D eigenvalue weighted by Crippen LogP contribution is 2.31.